The summed E-state index contributed by atoms with van der Waals surface area (Å²) in [5, 5.41) is 12.1. The van der Waals surface area contributed by atoms with E-state index in [0.717, 1.165) is 11.3 Å². The van der Waals surface area contributed by atoms with Crippen molar-refractivity contribution in [2.45, 2.75) is 5.38 Å². The Kier molecular flexibility index (Phi) is 4.95. The van der Waals surface area contributed by atoms with Crippen molar-refractivity contribution in [2.24, 2.45) is 0 Å². The number of hydrogen-bond acceptors (Lipinski definition) is 4. The number of nitrogens with one attached hydrogen (secondary N) is 1. The molecular weight excluding hydrogens is 343 g/mol. The standard InChI is InChI=1S/C18H12Cl2N4/c19-14-3-1-2-13(10-14)17(20)16-8-9-22-18(24-16)23-15-6-4-12(11-21)5-7-15/h1-10,17H,(H,22,23,24). The summed E-state index contributed by atoms with van der Waals surface area (Å²) in [6, 6.07) is 18.3. The molecule has 24 heavy (non-hydrogen) atoms. The van der Waals surface area contributed by atoms with Crippen LogP contribution in [0.2, 0.25) is 5.02 Å². The second kappa shape index (κ2) is 7.31. The predicted octanol–water partition coefficient (Wildman–Crippen LogP) is 5.07. The van der Waals surface area contributed by atoms with Gasteiger partial charge < -0.3 is 5.32 Å². The number of alkyl halides is 1. The van der Waals surface area contributed by atoms with Crippen molar-refractivity contribution in [1.29, 1.82) is 5.26 Å². The van der Waals surface area contributed by atoms with Crippen molar-refractivity contribution in [3.8, 4) is 6.07 Å². The molecule has 6 heteroatoms. The highest BCUT2D eigenvalue weighted by molar-refractivity contribution is 6.30. The second-order valence-electron chi connectivity index (χ2n) is 5.04. The molecule has 0 saturated carbocycles. The summed E-state index contributed by atoms with van der Waals surface area (Å²) in [5.41, 5.74) is 2.93. The first-order valence-corrected chi connectivity index (χ1v) is 7.97. The Labute approximate surface area is 149 Å². The molecule has 0 amide bonds. The minimum absolute atomic E-state index is 0.423. The number of hydrogen-bond donors (Lipinski definition) is 1. The quantitative estimate of drug-likeness (QED) is 0.664. The van der Waals surface area contributed by atoms with Crippen molar-refractivity contribution in [3.63, 3.8) is 0 Å². The van der Waals surface area contributed by atoms with Gasteiger partial charge in [0.2, 0.25) is 5.95 Å². The van der Waals surface area contributed by atoms with E-state index in [4.69, 9.17) is 28.5 Å². The number of halogens is 2. The number of rotatable bonds is 4. The van der Waals surface area contributed by atoms with Gasteiger partial charge in [-0.15, -0.1) is 11.6 Å². The van der Waals surface area contributed by atoms with Crippen molar-refractivity contribution in [1.82, 2.24) is 9.97 Å². The van der Waals surface area contributed by atoms with Crippen LogP contribution in [0.15, 0.2) is 60.8 Å². The van der Waals surface area contributed by atoms with E-state index >= 15 is 0 Å². The Bertz CT molecular complexity index is 888. The molecule has 3 rings (SSSR count). The van der Waals surface area contributed by atoms with Crippen molar-refractivity contribution in [2.75, 3.05) is 5.32 Å². The Balaban J connectivity index is 1.82. The fourth-order valence-corrected chi connectivity index (χ4v) is 2.62. The van der Waals surface area contributed by atoms with E-state index in [1.165, 1.54) is 0 Å². The van der Waals surface area contributed by atoms with E-state index < -0.39 is 5.38 Å². The normalized spacial score (nSPS) is 11.5. The van der Waals surface area contributed by atoms with Crippen LogP contribution in [0, 0.1) is 11.3 Å². The van der Waals surface area contributed by atoms with Crippen molar-refractivity contribution in [3.05, 3.63) is 82.6 Å². The van der Waals surface area contributed by atoms with Crippen LogP contribution in [0.4, 0.5) is 11.6 Å². The van der Waals surface area contributed by atoms with Crippen molar-refractivity contribution < 1.29 is 0 Å². The highest BCUT2D eigenvalue weighted by atomic mass is 35.5. The maximum atomic E-state index is 8.82. The molecule has 0 aliphatic carbocycles. The maximum absolute atomic E-state index is 8.82. The number of nitrogens with zero attached hydrogens (tertiary/aromatic N) is 3. The molecule has 2 aromatic carbocycles. The molecule has 1 N–H and O–H groups in total. The zero-order valence-electron chi connectivity index (χ0n) is 12.4. The molecule has 1 atom stereocenters. The summed E-state index contributed by atoms with van der Waals surface area (Å²) in [6.07, 6.45) is 1.65. The van der Waals surface area contributed by atoms with Crippen LogP contribution in [0.1, 0.15) is 22.2 Å². The summed E-state index contributed by atoms with van der Waals surface area (Å²) < 4.78 is 0. The molecule has 0 aliphatic rings. The molecule has 0 spiro atoms. The van der Waals surface area contributed by atoms with E-state index in [-0.39, 0.29) is 0 Å². The van der Waals surface area contributed by atoms with E-state index in [0.29, 0.717) is 22.2 Å². The third kappa shape index (κ3) is 3.83. The average Bonchev–Trinajstić information content (AvgIpc) is 2.62. The van der Waals surface area contributed by atoms with Crippen LogP contribution >= 0.6 is 23.2 Å². The Hall–Kier alpha value is -2.61. The molecule has 118 valence electrons. The van der Waals surface area contributed by atoms with Gasteiger partial charge in [-0.2, -0.15) is 5.26 Å². The molecule has 0 aliphatic heterocycles. The summed E-state index contributed by atoms with van der Waals surface area (Å²) in [6.45, 7) is 0. The molecule has 0 fully saturated rings. The fourth-order valence-electron chi connectivity index (χ4n) is 2.17. The SMILES string of the molecule is N#Cc1ccc(Nc2nccc(C(Cl)c3cccc(Cl)c3)n2)cc1. The molecule has 1 aromatic heterocycles. The minimum atomic E-state index is -0.423. The zero-order valence-corrected chi connectivity index (χ0v) is 14.0. The molecule has 0 bridgehead atoms. The summed E-state index contributed by atoms with van der Waals surface area (Å²) in [5.74, 6) is 0.435. The first kappa shape index (κ1) is 16.3. The largest absolute Gasteiger partial charge is 0.324 e. The van der Waals surface area contributed by atoms with Crippen LogP contribution in [0.5, 0.6) is 0 Å². The van der Waals surface area contributed by atoms with Crippen LogP contribution in [-0.4, -0.2) is 9.97 Å². The Morgan fingerprint density at radius 3 is 2.58 bits per heavy atom. The third-order valence-electron chi connectivity index (χ3n) is 3.35. The lowest BCUT2D eigenvalue weighted by Gasteiger charge is -2.11. The zero-order chi connectivity index (χ0) is 16.9. The summed E-state index contributed by atoms with van der Waals surface area (Å²) in [4.78, 5) is 8.65. The van der Waals surface area contributed by atoms with E-state index in [1.807, 2.05) is 18.2 Å². The number of nitriles is 1. The highest BCUT2D eigenvalue weighted by Gasteiger charge is 2.13. The Morgan fingerprint density at radius 2 is 1.88 bits per heavy atom. The van der Waals surface area contributed by atoms with Crippen LogP contribution in [0.25, 0.3) is 0 Å². The molecule has 1 unspecified atom stereocenters. The second-order valence-corrected chi connectivity index (χ2v) is 5.91. The van der Waals surface area contributed by atoms with Gasteiger partial charge in [-0.1, -0.05) is 23.7 Å². The van der Waals surface area contributed by atoms with Gasteiger partial charge in [-0.3, -0.25) is 0 Å². The van der Waals surface area contributed by atoms with Gasteiger partial charge in [0.05, 0.1) is 17.3 Å². The van der Waals surface area contributed by atoms with Gasteiger partial charge in [-0.25, -0.2) is 9.97 Å². The highest BCUT2D eigenvalue weighted by Crippen LogP contribution is 2.29. The molecule has 3 aromatic rings. The lowest BCUT2D eigenvalue weighted by atomic mass is 10.1. The van der Waals surface area contributed by atoms with Gasteiger partial charge in [0.25, 0.3) is 0 Å². The van der Waals surface area contributed by atoms with Crippen LogP contribution in [-0.2, 0) is 0 Å². The number of anilines is 2. The maximum Gasteiger partial charge on any atom is 0.227 e. The van der Waals surface area contributed by atoms with E-state index in [9.17, 15) is 0 Å². The smallest absolute Gasteiger partial charge is 0.227 e. The molecule has 0 radical (unpaired) electrons. The lowest BCUT2D eigenvalue weighted by Crippen LogP contribution is -2.02. The van der Waals surface area contributed by atoms with Gasteiger partial charge >= 0.3 is 0 Å². The summed E-state index contributed by atoms with van der Waals surface area (Å²) >= 11 is 12.5. The molecular formula is C18H12Cl2N4. The average molecular weight is 355 g/mol. The predicted molar refractivity (Wildman–Crippen MR) is 95.6 cm³/mol. The van der Waals surface area contributed by atoms with Crippen LogP contribution in [0.3, 0.4) is 0 Å². The minimum Gasteiger partial charge on any atom is -0.324 e. The van der Waals surface area contributed by atoms with Crippen LogP contribution < -0.4 is 5.32 Å². The Morgan fingerprint density at radius 1 is 1.08 bits per heavy atom. The fraction of sp³-hybridized carbons (Fsp3) is 0.0556. The number of aromatic nitrogens is 2. The number of benzene rings is 2. The van der Waals surface area contributed by atoms with Gasteiger partial charge in [0.15, 0.2) is 0 Å². The van der Waals surface area contributed by atoms with E-state index in [2.05, 4.69) is 21.4 Å². The monoisotopic (exact) mass is 354 g/mol. The molecule has 1 heterocycles. The van der Waals surface area contributed by atoms with Crippen molar-refractivity contribution >= 4 is 34.8 Å². The van der Waals surface area contributed by atoms with Gasteiger partial charge in [-0.05, 0) is 48.0 Å². The molecule has 4 nitrogen and oxygen atoms in total. The summed E-state index contributed by atoms with van der Waals surface area (Å²) in [7, 11) is 0. The third-order valence-corrected chi connectivity index (χ3v) is 4.06. The first-order chi connectivity index (χ1) is 11.7. The van der Waals surface area contributed by atoms with Gasteiger partial charge in [0.1, 0.15) is 5.38 Å². The molecule has 0 saturated heterocycles. The van der Waals surface area contributed by atoms with Gasteiger partial charge in [0, 0.05) is 16.9 Å². The topological polar surface area (TPSA) is 61.6 Å². The first-order valence-electron chi connectivity index (χ1n) is 7.15. The lowest BCUT2D eigenvalue weighted by molar-refractivity contribution is 1.01. The van der Waals surface area contributed by atoms with E-state index in [1.54, 1.807) is 42.6 Å².